The highest BCUT2D eigenvalue weighted by molar-refractivity contribution is 5.75. The zero-order valence-electron chi connectivity index (χ0n) is 40.3. The second-order valence-electron chi connectivity index (χ2n) is 18.7. The average molecular weight is 1030 g/mol. The smallest absolute Gasteiger partial charge is 0.233 e. The molecule has 0 saturated carbocycles. The van der Waals surface area contributed by atoms with Gasteiger partial charge in [-0.2, -0.15) is 0 Å². The quantitative estimate of drug-likeness (QED) is 0.0207. The highest BCUT2D eigenvalue weighted by Crippen LogP contribution is 2.36. The van der Waals surface area contributed by atoms with Crippen molar-refractivity contribution >= 4 is 17.7 Å². The van der Waals surface area contributed by atoms with Crippen molar-refractivity contribution in [3.8, 4) is 0 Å². The second kappa shape index (κ2) is 27.4. The number of amides is 3. The summed E-state index contributed by atoms with van der Waals surface area (Å²) in [6.45, 7) is 5.02. The Bertz CT molecular complexity index is 1660. The first-order valence-corrected chi connectivity index (χ1v) is 24.0. The molecule has 28 nitrogen and oxygen atoms in total. The molecule has 0 bridgehead atoms. The van der Waals surface area contributed by atoms with Gasteiger partial charge in [-0.3, -0.25) is 19.8 Å². The molecule has 28 heteroatoms. The standard InChI is InChI=1S/C43H76N4O24/c1-16-26(53)35(68-39-24(45-19(4)50)31(58)29(56)21(14-48)66-39)33(60)41(63-16)69-36-27(54)17(2)64-42(34(36)61)71-38-37(70-40-25(46-20(5)51)32(59)30(57)22(15-49)67-40)28(55)18(3)65-43(38)62-13-11-9-7-6-8-10-12-23(52)47-44/h16-18,21-22,24-43,48-49,53-61H,6-15,44H2,1-5H3,(H,45,50)(H,46,51)(H,47,52)/t16-,17-,18-,21+,22+,24+,25+,26-,27-,28-,29+,30+,31+,32+,33+,34+,35+,36+,37+,38+,39-,40-,41-,42-,43+/m0/s1. The van der Waals surface area contributed by atoms with Crippen LogP contribution < -0.4 is 21.9 Å². The summed E-state index contributed by atoms with van der Waals surface area (Å²) in [5.41, 5.74) is 2.09. The minimum atomic E-state index is -1.98. The molecule has 5 saturated heterocycles. The largest absolute Gasteiger partial charge is 0.394 e. The third-order valence-electron chi connectivity index (χ3n) is 13.2. The first kappa shape index (κ1) is 59.4. The average Bonchev–Trinajstić information content (AvgIpc) is 3.33. The predicted molar refractivity (Wildman–Crippen MR) is 234 cm³/mol. The Hall–Kier alpha value is -2.47. The lowest BCUT2D eigenvalue weighted by atomic mass is 9.95. The molecule has 25 atom stereocenters. The van der Waals surface area contributed by atoms with E-state index in [-0.39, 0.29) is 12.5 Å². The number of carbonyl (C=O) groups excluding carboxylic acids is 3. The Morgan fingerprint density at radius 3 is 1.28 bits per heavy atom. The minimum Gasteiger partial charge on any atom is -0.394 e. The Labute approximate surface area is 409 Å². The molecule has 16 N–H and O–H groups in total. The van der Waals surface area contributed by atoms with Crippen LogP contribution in [0.2, 0.25) is 0 Å². The fourth-order valence-electron chi connectivity index (χ4n) is 9.12. The summed E-state index contributed by atoms with van der Waals surface area (Å²) in [7, 11) is 0. The maximum atomic E-state index is 12.3. The maximum absolute atomic E-state index is 12.3. The fraction of sp³-hybridized carbons (Fsp3) is 0.930. The van der Waals surface area contributed by atoms with E-state index in [0.717, 1.165) is 33.1 Å². The van der Waals surface area contributed by atoms with Crippen molar-refractivity contribution in [1.29, 1.82) is 0 Å². The van der Waals surface area contributed by atoms with E-state index in [1.807, 2.05) is 0 Å². The lowest BCUT2D eigenvalue weighted by molar-refractivity contribution is -0.395. The van der Waals surface area contributed by atoms with Crippen LogP contribution in [0.15, 0.2) is 0 Å². The number of nitrogens with one attached hydrogen (secondary N) is 3. The lowest BCUT2D eigenvalue weighted by Gasteiger charge is -2.50. The molecule has 5 rings (SSSR count). The topological polar surface area (TPSA) is 428 Å². The third-order valence-corrected chi connectivity index (χ3v) is 13.2. The Kier molecular flexibility index (Phi) is 22.9. The summed E-state index contributed by atoms with van der Waals surface area (Å²) in [5.74, 6) is 3.56. The molecule has 5 aliphatic rings. The third kappa shape index (κ3) is 14.9. The number of nitrogens with two attached hydrogens (primary N) is 1. The van der Waals surface area contributed by atoms with Crippen LogP contribution in [0.4, 0.5) is 0 Å². The lowest BCUT2D eigenvalue weighted by Crippen LogP contribution is -2.69. The molecule has 0 aromatic heterocycles. The van der Waals surface area contributed by atoms with Gasteiger partial charge in [-0.05, 0) is 33.6 Å². The summed E-state index contributed by atoms with van der Waals surface area (Å²) < 4.78 is 60.1. The predicted octanol–water partition coefficient (Wildman–Crippen LogP) is -6.81. The van der Waals surface area contributed by atoms with Crippen molar-refractivity contribution in [3.05, 3.63) is 0 Å². The van der Waals surface area contributed by atoms with Gasteiger partial charge < -0.3 is 114 Å². The van der Waals surface area contributed by atoms with E-state index < -0.39 is 178 Å². The van der Waals surface area contributed by atoms with E-state index in [2.05, 4.69) is 16.1 Å². The number of aliphatic hydroxyl groups excluding tert-OH is 11. The van der Waals surface area contributed by atoms with E-state index in [9.17, 15) is 70.6 Å². The van der Waals surface area contributed by atoms with Crippen LogP contribution in [0, 0.1) is 0 Å². The van der Waals surface area contributed by atoms with Crippen LogP contribution in [0.1, 0.15) is 79.6 Å². The summed E-state index contributed by atoms with van der Waals surface area (Å²) in [5, 5.41) is 126. The van der Waals surface area contributed by atoms with Gasteiger partial charge in [0.05, 0.1) is 31.5 Å². The number of hydrogen-bond donors (Lipinski definition) is 15. The molecule has 0 radical (unpaired) electrons. The van der Waals surface area contributed by atoms with Crippen LogP contribution in [-0.2, 0) is 61.8 Å². The number of aliphatic hydroxyl groups is 11. The Balaban J connectivity index is 1.37. The van der Waals surface area contributed by atoms with E-state index in [4.69, 9.17) is 53.2 Å². The van der Waals surface area contributed by atoms with Gasteiger partial charge in [0, 0.05) is 26.9 Å². The molecule has 412 valence electrons. The van der Waals surface area contributed by atoms with Crippen LogP contribution in [0.5, 0.6) is 0 Å². The van der Waals surface area contributed by atoms with Gasteiger partial charge in [0.2, 0.25) is 17.7 Å². The van der Waals surface area contributed by atoms with Gasteiger partial charge in [0.15, 0.2) is 31.5 Å². The van der Waals surface area contributed by atoms with E-state index in [1.54, 1.807) is 0 Å². The molecule has 71 heavy (non-hydrogen) atoms. The fourth-order valence-corrected chi connectivity index (χ4v) is 9.12. The van der Waals surface area contributed by atoms with E-state index >= 15 is 0 Å². The number of hydrazine groups is 1. The van der Waals surface area contributed by atoms with Crippen LogP contribution >= 0.6 is 0 Å². The zero-order valence-corrected chi connectivity index (χ0v) is 40.3. The van der Waals surface area contributed by atoms with Crippen molar-refractivity contribution in [3.63, 3.8) is 0 Å². The number of rotatable bonds is 22. The molecule has 5 aliphatic heterocycles. The van der Waals surface area contributed by atoms with Gasteiger partial charge in [-0.1, -0.05) is 25.7 Å². The van der Waals surface area contributed by atoms with Crippen LogP contribution in [0.3, 0.4) is 0 Å². The van der Waals surface area contributed by atoms with Gasteiger partial charge >= 0.3 is 0 Å². The van der Waals surface area contributed by atoms with E-state index in [0.29, 0.717) is 25.7 Å². The monoisotopic (exact) mass is 1030 g/mol. The molecular formula is C43H76N4O24. The Morgan fingerprint density at radius 2 is 0.845 bits per heavy atom. The zero-order chi connectivity index (χ0) is 52.4. The number of hydrogen-bond acceptors (Lipinski definition) is 25. The molecule has 0 aliphatic carbocycles. The van der Waals surface area contributed by atoms with Crippen LogP contribution in [0.25, 0.3) is 0 Å². The van der Waals surface area contributed by atoms with Gasteiger partial charge in [0.1, 0.15) is 104 Å². The molecule has 0 spiro atoms. The highest BCUT2D eigenvalue weighted by Gasteiger charge is 2.56. The SMILES string of the molecule is CC(=O)N[C@H]1[C@H](O[C@@H]2[C@@H](O)[C@H](C)O[C@@H](O[C@@H]3[C@@H](O)[C@H](C)O[C@@H](O[C@H]4[C@H](OCCCCCCCCC(=O)NN)O[C@@H](C)[C@H](O)[C@H]4O[C@@H]4O[C@H](CO)[C@@H](O)[C@H](O)[C@H]4NC(C)=O)[C@@H]3O)[C@@H]2O)O[C@H](CO)[C@@H](O)[C@@H]1O. The molecule has 0 aromatic rings. The molecule has 0 unspecified atom stereocenters. The Morgan fingerprint density at radius 1 is 0.465 bits per heavy atom. The van der Waals surface area contributed by atoms with Crippen LogP contribution in [-0.4, -0.2) is 247 Å². The molecule has 0 aromatic carbocycles. The van der Waals surface area contributed by atoms with Crippen molar-refractivity contribution in [2.75, 3.05) is 19.8 Å². The van der Waals surface area contributed by atoms with Gasteiger partial charge in [-0.15, -0.1) is 0 Å². The first-order valence-electron chi connectivity index (χ1n) is 24.0. The maximum Gasteiger partial charge on any atom is 0.233 e. The number of ether oxygens (including phenoxy) is 10. The van der Waals surface area contributed by atoms with Crippen molar-refractivity contribution in [2.24, 2.45) is 5.84 Å². The highest BCUT2D eigenvalue weighted by atomic mass is 16.8. The van der Waals surface area contributed by atoms with Crippen molar-refractivity contribution in [2.45, 2.75) is 233 Å². The summed E-state index contributed by atoms with van der Waals surface area (Å²) >= 11 is 0. The van der Waals surface area contributed by atoms with Crippen molar-refractivity contribution < 1.29 is 118 Å². The van der Waals surface area contributed by atoms with Crippen molar-refractivity contribution in [1.82, 2.24) is 16.1 Å². The molecule has 3 amide bonds. The summed E-state index contributed by atoms with van der Waals surface area (Å²) in [4.78, 5) is 35.8. The van der Waals surface area contributed by atoms with Gasteiger partial charge in [0.25, 0.3) is 0 Å². The summed E-state index contributed by atoms with van der Waals surface area (Å²) in [6.07, 6.45) is -32.3. The second-order valence-corrected chi connectivity index (χ2v) is 18.7. The normalized spacial score (nSPS) is 44.2. The van der Waals surface area contributed by atoms with E-state index in [1.165, 1.54) is 20.8 Å². The van der Waals surface area contributed by atoms with Gasteiger partial charge in [-0.25, -0.2) is 5.84 Å². The number of carbonyl (C=O) groups is 3. The molecule has 5 heterocycles. The molecule has 5 fully saturated rings. The first-order chi connectivity index (χ1) is 33.6. The molecular weight excluding hydrogens is 956 g/mol. The number of unbranched alkanes of at least 4 members (excludes halogenated alkanes) is 5. The summed E-state index contributed by atoms with van der Waals surface area (Å²) in [6, 6.07) is -2.93. The minimum absolute atomic E-state index is 0.0678.